The van der Waals surface area contributed by atoms with Gasteiger partial charge in [-0.3, -0.25) is 19.4 Å². The highest BCUT2D eigenvalue weighted by atomic mass is 16.2. The first kappa shape index (κ1) is 25.6. The lowest BCUT2D eigenvalue weighted by atomic mass is 10.1. The number of carbonyl (C=O) groups excluding carboxylic acids is 2. The third-order valence-corrected chi connectivity index (χ3v) is 6.99. The van der Waals surface area contributed by atoms with Crippen molar-refractivity contribution < 1.29 is 9.59 Å². The van der Waals surface area contributed by atoms with Crippen molar-refractivity contribution in [3.8, 4) is 6.07 Å². The molecule has 0 unspecified atom stereocenters. The molecule has 3 heterocycles. The van der Waals surface area contributed by atoms with E-state index in [-0.39, 0.29) is 11.8 Å². The normalized spacial score (nSPS) is 17.4. The highest BCUT2D eigenvalue weighted by molar-refractivity contribution is 5.93. The van der Waals surface area contributed by atoms with Crippen LogP contribution in [0.2, 0.25) is 0 Å². The highest BCUT2D eigenvalue weighted by Crippen LogP contribution is 2.20. The largest absolute Gasteiger partial charge is 0.354 e. The molecule has 36 heavy (non-hydrogen) atoms. The molecule has 0 radical (unpaired) electrons. The Hall–Kier alpha value is -3.48. The number of amides is 2. The molecule has 4 rings (SSSR count). The van der Waals surface area contributed by atoms with Crippen LogP contribution in [0.3, 0.4) is 0 Å². The number of piperazine rings is 1. The average molecular weight is 490 g/mol. The maximum atomic E-state index is 13.0. The van der Waals surface area contributed by atoms with Crippen LogP contribution in [0.4, 0.5) is 11.5 Å². The zero-order valence-electron chi connectivity index (χ0n) is 21.2. The van der Waals surface area contributed by atoms with Gasteiger partial charge in [0.2, 0.25) is 11.8 Å². The van der Waals surface area contributed by atoms with Gasteiger partial charge in [-0.05, 0) is 43.5 Å². The van der Waals surface area contributed by atoms with Crippen molar-refractivity contribution in [1.29, 1.82) is 5.26 Å². The number of nitrogens with zero attached hydrogens (tertiary/aromatic N) is 6. The quantitative estimate of drug-likeness (QED) is 0.662. The van der Waals surface area contributed by atoms with E-state index in [1.54, 1.807) is 18.3 Å². The van der Waals surface area contributed by atoms with Gasteiger partial charge in [0.25, 0.3) is 0 Å². The topological polar surface area (TPSA) is 95.8 Å². The molecule has 9 nitrogen and oxygen atoms in total. The number of nitriles is 1. The van der Waals surface area contributed by atoms with Gasteiger partial charge in [-0.1, -0.05) is 18.2 Å². The van der Waals surface area contributed by atoms with Gasteiger partial charge in [0.1, 0.15) is 11.9 Å². The van der Waals surface area contributed by atoms with Gasteiger partial charge in [-0.25, -0.2) is 4.98 Å². The summed E-state index contributed by atoms with van der Waals surface area (Å²) in [6, 6.07) is 11.8. The maximum absolute atomic E-state index is 13.0. The van der Waals surface area contributed by atoms with Gasteiger partial charge < -0.3 is 15.1 Å². The smallest absolute Gasteiger partial charge is 0.238 e. The molecule has 1 aromatic heterocycles. The Labute approximate surface area is 213 Å². The second-order valence-electron chi connectivity index (χ2n) is 9.58. The van der Waals surface area contributed by atoms with Crippen LogP contribution in [0.5, 0.6) is 0 Å². The number of nitrogens with one attached hydrogen (secondary N) is 1. The van der Waals surface area contributed by atoms with Crippen LogP contribution in [-0.2, 0) is 9.59 Å². The summed E-state index contributed by atoms with van der Waals surface area (Å²) in [5.74, 6) is 0.846. The van der Waals surface area contributed by atoms with Crippen LogP contribution in [0, 0.1) is 25.2 Å². The molecular weight excluding hydrogens is 454 g/mol. The molecule has 0 spiro atoms. The van der Waals surface area contributed by atoms with Crippen molar-refractivity contribution in [2.75, 3.05) is 75.7 Å². The second kappa shape index (κ2) is 12.0. The number of aromatic nitrogens is 1. The lowest BCUT2D eigenvalue weighted by molar-refractivity contribution is -0.134. The van der Waals surface area contributed by atoms with E-state index in [9.17, 15) is 14.9 Å². The van der Waals surface area contributed by atoms with Crippen molar-refractivity contribution >= 4 is 23.3 Å². The number of para-hydroxylation sites is 1. The summed E-state index contributed by atoms with van der Waals surface area (Å²) in [5, 5.41) is 12.4. The molecule has 2 amide bonds. The molecule has 0 saturated carbocycles. The maximum Gasteiger partial charge on any atom is 0.238 e. The molecule has 190 valence electrons. The number of pyridine rings is 1. The van der Waals surface area contributed by atoms with Gasteiger partial charge >= 0.3 is 0 Å². The lowest BCUT2D eigenvalue weighted by Crippen LogP contribution is -2.52. The average Bonchev–Trinajstić information content (AvgIpc) is 3.12. The Kier molecular flexibility index (Phi) is 8.52. The summed E-state index contributed by atoms with van der Waals surface area (Å²) in [6.45, 7) is 10.5. The van der Waals surface area contributed by atoms with Crippen molar-refractivity contribution in [2.24, 2.45) is 0 Å². The second-order valence-corrected chi connectivity index (χ2v) is 9.58. The molecule has 2 fully saturated rings. The minimum absolute atomic E-state index is 0.0197. The summed E-state index contributed by atoms with van der Waals surface area (Å²) in [4.78, 5) is 38.4. The zero-order valence-corrected chi connectivity index (χ0v) is 21.2. The summed E-state index contributed by atoms with van der Waals surface area (Å²) in [7, 11) is 0. The van der Waals surface area contributed by atoms with E-state index in [1.165, 1.54) is 0 Å². The molecular formula is C27H35N7O2. The molecule has 0 aliphatic carbocycles. The number of rotatable bonds is 6. The molecule has 2 aliphatic heterocycles. The summed E-state index contributed by atoms with van der Waals surface area (Å²) in [5.41, 5.74) is 3.59. The number of benzene rings is 1. The van der Waals surface area contributed by atoms with E-state index in [2.05, 4.69) is 31.1 Å². The van der Waals surface area contributed by atoms with Crippen LogP contribution in [0.15, 0.2) is 36.5 Å². The van der Waals surface area contributed by atoms with Gasteiger partial charge in [0.15, 0.2) is 0 Å². The van der Waals surface area contributed by atoms with Crippen molar-refractivity contribution in [3.05, 3.63) is 53.2 Å². The molecule has 2 aromatic rings. The van der Waals surface area contributed by atoms with E-state index < -0.39 is 0 Å². The fourth-order valence-corrected chi connectivity index (χ4v) is 4.92. The first-order chi connectivity index (χ1) is 17.4. The molecule has 0 atom stereocenters. The number of anilines is 2. The Morgan fingerprint density at radius 1 is 0.917 bits per heavy atom. The fourth-order valence-electron chi connectivity index (χ4n) is 4.92. The monoisotopic (exact) mass is 489 g/mol. The summed E-state index contributed by atoms with van der Waals surface area (Å²) in [6.07, 6.45) is 2.63. The summed E-state index contributed by atoms with van der Waals surface area (Å²) >= 11 is 0. The van der Waals surface area contributed by atoms with Gasteiger partial charge in [-0.15, -0.1) is 0 Å². The predicted molar refractivity (Wildman–Crippen MR) is 140 cm³/mol. The van der Waals surface area contributed by atoms with Gasteiger partial charge in [0.05, 0.1) is 18.7 Å². The van der Waals surface area contributed by atoms with E-state index >= 15 is 0 Å². The Balaban J connectivity index is 1.22. The fraction of sp³-hybridized carbons (Fsp3) is 0.481. The summed E-state index contributed by atoms with van der Waals surface area (Å²) < 4.78 is 0. The van der Waals surface area contributed by atoms with Crippen LogP contribution in [-0.4, -0.2) is 96.9 Å². The molecule has 2 aliphatic rings. The SMILES string of the molecule is Cc1cccc(C)c1NC(=O)CN1CCN(C(=O)CN2CCCN(c3ncccc3C#N)CC2)CC1. The minimum atomic E-state index is -0.0197. The molecule has 2 saturated heterocycles. The molecule has 1 aromatic carbocycles. The van der Waals surface area contributed by atoms with Crippen molar-refractivity contribution in [2.45, 2.75) is 20.3 Å². The van der Waals surface area contributed by atoms with E-state index in [0.29, 0.717) is 44.8 Å². The number of aryl methyl sites for hydroxylation is 2. The molecule has 9 heteroatoms. The minimum Gasteiger partial charge on any atom is -0.354 e. The Bertz CT molecular complexity index is 1100. The van der Waals surface area contributed by atoms with Crippen LogP contribution in [0.1, 0.15) is 23.1 Å². The first-order valence-electron chi connectivity index (χ1n) is 12.6. The van der Waals surface area contributed by atoms with Crippen molar-refractivity contribution in [1.82, 2.24) is 19.7 Å². The number of hydrogen-bond acceptors (Lipinski definition) is 7. The highest BCUT2D eigenvalue weighted by Gasteiger charge is 2.25. The third-order valence-electron chi connectivity index (χ3n) is 6.99. The van der Waals surface area contributed by atoms with Gasteiger partial charge in [-0.2, -0.15) is 5.26 Å². The number of hydrogen-bond donors (Lipinski definition) is 1. The Morgan fingerprint density at radius 2 is 1.61 bits per heavy atom. The standard InChI is InChI=1S/C27H35N7O2/c1-21-6-3-7-22(2)26(21)30-24(35)19-32-12-15-33(16-13-32)25(36)20-31-10-5-11-34(17-14-31)27-23(18-28)8-4-9-29-27/h3-4,6-9H,5,10-17,19-20H2,1-2H3,(H,30,35). The van der Waals surface area contributed by atoms with E-state index in [1.807, 2.05) is 36.9 Å². The zero-order chi connectivity index (χ0) is 25.5. The Morgan fingerprint density at radius 3 is 2.33 bits per heavy atom. The number of carbonyl (C=O) groups is 2. The van der Waals surface area contributed by atoms with E-state index in [0.717, 1.165) is 55.2 Å². The third kappa shape index (κ3) is 6.39. The van der Waals surface area contributed by atoms with Crippen LogP contribution >= 0.6 is 0 Å². The lowest BCUT2D eigenvalue weighted by Gasteiger charge is -2.35. The first-order valence-corrected chi connectivity index (χ1v) is 12.6. The van der Waals surface area contributed by atoms with Gasteiger partial charge in [0, 0.05) is 64.2 Å². The molecule has 0 bridgehead atoms. The van der Waals surface area contributed by atoms with Crippen molar-refractivity contribution in [3.63, 3.8) is 0 Å². The van der Waals surface area contributed by atoms with Crippen LogP contribution in [0.25, 0.3) is 0 Å². The predicted octanol–water partition coefficient (Wildman–Crippen LogP) is 1.87. The van der Waals surface area contributed by atoms with Crippen LogP contribution < -0.4 is 10.2 Å². The molecule has 1 N–H and O–H groups in total. The van der Waals surface area contributed by atoms with E-state index in [4.69, 9.17) is 0 Å².